The molecule has 0 radical (unpaired) electrons. The largest absolute Gasteiger partial charge is 0.497 e. The van der Waals surface area contributed by atoms with Gasteiger partial charge in [-0.05, 0) is 18.2 Å². The quantitative estimate of drug-likeness (QED) is 0.655. The molecule has 1 aromatic carbocycles. The van der Waals surface area contributed by atoms with E-state index in [2.05, 4.69) is 20.3 Å². The van der Waals surface area contributed by atoms with Crippen LogP contribution in [0.15, 0.2) is 48.9 Å². The minimum absolute atomic E-state index is 0.220. The van der Waals surface area contributed by atoms with E-state index >= 15 is 0 Å². The number of pyridine rings is 1. The minimum atomic E-state index is -0.599. The van der Waals surface area contributed by atoms with Crippen molar-refractivity contribution in [1.29, 1.82) is 0 Å². The van der Waals surface area contributed by atoms with E-state index in [4.69, 9.17) is 10.5 Å². The maximum Gasteiger partial charge on any atom is 0.267 e. The number of aromatic amines is 1. The second-order valence-corrected chi connectivity index (χ2v) is 5.10. The smallest absolute Gasteiger partial charge is 0.267 e. The molecule has 2 amide bonds. The lowest BCUT2D eigenvalue weighted by molar-refractivity contribution is 0.0994. The zero-order valence-electron chi connectivity index (χ0n) is 13.3. The first kappa shape index (κ1) is 16.2. The first-order valence-corrected chi connectivity index (χ1v) is 7.33. The molecule has 8 heteroatoms. The van der Waals surface area contributed by atoms with E-state index in [1.165, 1.54) is 13.4 Å². The van der Waals surface area contributed by atoms with Gasteiger partial charge in [0.2, 0.25) is 0 Å². The molecule has 0 saturated heterocycles. The van der Waals surface area contributed by atoms with Crippen LogP contribution < -0.4 is 15.8 Å². The van der Waals surface area contributed by atoms with Crippen LogP contribution in [0.4, 0.5) is 5.82 Å². The van der Waals surface area contributed by atoms with E-state index in [0.717, 1.165) is 0 Å². The van der Waals surface area contributed by atoms with Crippen LogP contribution in [0.25, 0.3) is 11.3 Å². The molecule has 0 aliphatic rings. The number of nitrogens with two attached hydrogens (primary N) is 1. The number of H-pyrrole nitrogens is 1. The van der Waals surface area contributed by atoms with Crippen LogP contribution in [0.5, 0.6) is 5.75 Å². The van der Waals surface area contributed by atoms with Crippen molar-refractivity contribution in [2.24, 2.45) is 5.73 Å². The van der Waals surface area contributed by atoms with Crippen LogP contribution in [0.2, 0.25) is 0 Å². The third kappa shape index (κ3) is 3.47. The number of hydrogen-bond donors (Lipinski definition) is 3. The third-order valence-electron chi connectivity index (χ3n) is 3.51. The summed E-state index contributed by atoms with van der Waals surface area (Å²) in [7, 11) is 1.54. The van der Waals surface area contributed by atoms with Gasteiger partial charge in [0, 0.05) is 23.4 Å². The Morgan fingerprint density at radius 2 is 1.92 bits per heavy atom. The fraction of sp³-hybridized carbons (Fsp3) is 0.0588. The molecule has 0 aliphatic carbocycles. The van der Waals surface area contributed by atoms with E-state index in [1.54, 1.807) is 42.6 Å². The van der Waals surface area contributed by atoms with Crippen LogP contribution in [0.1, 0.15) is 20.8 Å². The van der Waals surface area contributed by atoms with Crippen LogP contribution in [-0.2, 0) is 0 Å². The molecule has 0 atom stereocenters. The fourth-order valence-corrected chi connectivity index (χ4v) is 2.28. The van der Waals surface area contributed by atoms with Crippen molar-refractivity contribution in [3.63, 3.8) is 0 Å². The summed E-state index contributed by atoms with van der Waals surface area (Å²) in [5.74, 6) is 0.0674. The molecule has 0 spiro atoms. The van der Waals surface area contributed by atoms with Crippen LogP contribution in [0, 0.1) is 0 Å². The highest BCUT2D eigenvalue weighted by Gasteiger charge is 2.14. The molecule has 126 valence electrons. The topological polar surface area (TPSA) is 123 Å². The van der Waals surface area contributed by atoms with Crippen molar-refractivity contribution >= 4 is 17.6 Å². The van der Waals surface area contributed by atoms with Gasteiger partial charge in [0.05, 0.1) is 13.4 Å². The van der Waals surface area contributed by atoms with Crippen LogP contribution in [-0.4, -0.2) is 33.9 Å². The van der Waals surface area contributed by atoms with Crippen molar-refractivity contribution in [2.75, 3.05) is 12.4 Å². The Morgan fingerprint density at radius 1 is 1.16 bits per heavy atom. The summed E-state index contributed by atoms with van der Waals surface area (Å²) in [5.41, 5.74) is 7.06. The van der Waals surface area contributed by atoms with E-state index < -0.39 is 5.91 Å². The van der Waals surface area contributed by atoms with Gasteiger partial charge in [0.15, 0.2) is 0 Å². The van der Waals surface area contributed by atoms with Crippen molar-refractivity contribution in [1.82, 2.24) is 15.0 Å². The van der Waals surface area contributed by atoms with Gasteiger partial charge < -0.3 is 20.8 Å². The lowest BCUT2D eigenvalue weighted by Crippen LogP contribution is -2.13. The fourth-order valence-electron chi connectivity index (χ4n) is 2.28. The molecule has 0 bridgehead atoms. The summed E-state index contributed by atoms with van der Waals surface area (Å²) in [4.78, 5) is 34.5. The average molecular weight is 337 g/mol. The Balaban J connectivity index is 1.78. The van der Waals surface area contributed by atoms with E-state index in [-0.39, 0.29) is 11.6 Å². The normalized spacial score (nSPS) is 10.3. The molecule has 25 heavy (non-hydrogen) atoms. The van der Waals surface area contributed by atoms with Gasteiger partial charge in [-0.2, -0.15) is 0 Å². The number of hydrogen-bond acceptors (Lipinski definition) is 5. The number of nitrogens with one attached hydrogen (secondary N) is 2. The van der Waals surface area contributed by atoms with Gasteiger partial charge in [-0.15, -0.1) is 0 Å². The van der Waals surface area contributed by atoms with Gasteiger partial charge in [-0.3, -0.25) is 9.59 Å². The number of ether oxygens (including phenoxy) is 1. The molecule has 0 fully saturated rings. The number of methoxy groups -OCH3 is 1. The Kier molecular flexibility index (Phi) is 4.42. The second-order valence-electron chi connectivity index (χ2n) is 5.10. The van der Waals surface area contributed by atoms with Gasteiger partial charge in [0.25, 0.3) is 11.8 Å². The first-order valence-electron chi connectivity index (χ1n) is 7.33. The summed E-state index contributed by atoms with van der Waals surface area (Å²) in [6, 6.07) is 9.95. The zero-order valence-corrected chi connectivity index (χ0v) is 13.3. The number of anilines is 1. The summed E-state index contributed by atoms with van der Waals surface area (Å²) < 4.78 is 5.09. The Hall–Kier alpha value is -3.68. The SMILES string of the molecule is COc1ccnc(NC(=O)c2ccc(-c3nc[nH]c3C(N)=O)cc2)c1. The Bertz CT molecular complexity index is 918. The maximum absolute atomic E-state index is 12.3. The number of benzene rings is 1. The number of carbonyl (C=O) groups is 2. The Morgan fingerprint density at radius 3 is 2.60 bits per heavy atom. The maximum atomic E-state index is 12.3. The molecule has 8 nitrogen and oxygen atoms in total. The van der Waals surface area contributed by atoms with Crippen LogP contribution in [0.3, 0.4) is 0 Å². The molecule has 3 rings (SSSR count). The number of aromatic nitrogens is 3. The lowest BCUT2D eigenvalue weighted by atomic mass is 10.1. The van der Waals surface area contributed by atoms with Crippen molar-refractivity contribution in [3.8, 4) is 17.0 Å². The molecule has 0 aliphatic heterocycles. The number of amides is 2. The number of primary amides is 1. The van der Waals surface area contributed by atoms with E-state index in [1.807, 2.05) is 0 Å². The average Bonchev–Trinajstić information content (AvgIpc) is 3.12. The van der Waals surface area contributed by atoms with Gasteiger partial charge in [-0.25, -0.2) is 9.97 Å². The Labute approximate surface area is 143 Å². The van der Waals surface area contributed by atoms with Crippen molar-refractivity contribution in [3.05, 3.63) is 60.2 Å². The van der Waals surface area contributed by atoms with Gasteiger partial charge in [0.1, 0.15) is 23.0 Å². The summed E-state index contributed by atoms with van der Waals surface area (Å²) in [6.45, 7) is 0. The monoisotopic (exact) mass is 337 g/mol. The molecule has 0 saturated carbocycles. The first-order chi connectivity index (χ1) is 12.1. The standard InChI is InChI=1S/C17H15N5O3/c1-25-12-6-7-19-13(8-12)22-17(24)11-4-2-10(3-5-11)14-15(16(18)23)21-9-20-14/h2-9H,1H3,(H2,18,23)(H,20,21)(H,19,22,24). The zero-order chi connectivity index (χ0) is 17.8. The highest BCUT2D eigenvalue weighted by molar-refractivity contribution is 6.04. The number of carbonyl (C=O) groups excluding carboxylic acids is 2. The predicted molar refractivity (Wildman–Crippen MR) is 91.3 cm³/mol. The molecular weight excluding hydrogens is 322 g/mol. The van der Waals surface area contributed by atoms with E-state index in [0.29, 0.717) is 28.4 Å². The number of imidazole rings is 1. The highest BCUT2D eigenvalue weighted by Crippen LogP contribution is 2.21. The molecule has 4 N–H and O–H groups in total. The van der Waals surface area contributed by atoms with Gasteiger partial charge >= 0.3 is 0 Å². The molecular formula is C17H15N5O3. The number of rotatable bonds is 5. The molecule has 2 heterocycles. The summed E-state index contributed by atoms with van der Waals surface area (Å²) in [5, 5.41) is 2.69. The minimum Gasteiger partial charge on any atom is -0.497 e. The molecule has 0 unspecified atom stereocenters. The third-order valence-corrected chi connectivity index (χ3v) is 3.51. The number of nitrogens with zero attached hydrogens (tertiary/aromatic N) is 2. The van der Waals surface area contributed by atoms with Gasteiger partial charge in [-0.1, -0.05) is 12.1 Å². The lowest BCUT2D eigenvalue weighted by Gasteiger charge is -2.07. The highest BCUT2D eigenvalue weighted by atomic mass is 16.5. The van der Waals surface area contributed by atoms with Crippen LogP contribution >= 0.6 is 0 Å². The summed E-state index contributed by atoms with van der Waals surface area (Å²) >= 11 is 0. The van der Waals surface area contributed by atoms with Crippen molar-refractivity contribution < 1.29 is 14.3 Å². The molecule has 3 aromatic rings. The van der Waals surface area contributed by atoms with Crippen molar-refractivity contribution in [2.45, 2.75) is 0 Å². The predicted octanol–water partition coefficient (Wildman–Crippen LogP) is 1.83. The van der Waals surface area contributed by atoms with E-state index in [9.17, 15) is 9.59 Å². The second kappa shape index (κ2) is 6.83. The molecule has 2 aromatic heterocycles. The summed E-state index contributed by atoms with van der Waals surface area (Å²) in [6.07, 6.45) is 2.94.